The van der Waals surface area contributed by atoms with Gasteiger partial charge in [-0.05, 0) is 36.8 Å². The number of nitrogens with zero attached hydrogens (tertiary/aromatic N) is 5. The van der Waals surface area contributed by atoms with Gasteiger partial charge >= 0.3 is 0 Å². The number of aromatic nitrogens is 3. The fourth-order valence-electron chi connectivity index (χ4n) is 3.60. The summed E-state index contributed by atoms with van der Waals surface area (Å²) in [5, 5.41) is 0.970. The highest BCUT2D eigenvalue weighted by Crippen LogP contribution is 2.25. The van der Waals surface area contributed by atoms with Gasteiger partial charge in [0.05, 0.1) is 12.5 Å². The van der Waals surface area contributed by atoms with E-state index in [1.54, 1.807) is 24.7 Å². The number of pyridine rings is 1. The minimum Gasteiger partial charge on any atom is -0.494 e. The van der Waals surface area contributed by atoms with Crippen molar-refractivity contribution in [2.75, 3.05) is 31.6 Å². The molecule has 4 rings (SSSR count). The molecule has 0 saturated carbocycles. The van der Waals surface area contributed by atoms with Crippen LogP contribution in [-0.2, 0) is 6.54 Å². The minimum absolute atomic E-state index is 0.279. The van der Waals surface area contributed by atoms with E-state index < -0.39 is 0 Å². The number of rotatable bonds is 4. The van der Waals surface area contributed by atoms with E-state index in [0.29, 0.717) is 18.2 Å². The summed E-state index contributed by atoms with van der Waals surface area (Å²) in [6.45, 7) is 5.47. The molecule has 0 N–H and O–H groups in total. The normalized spacial score (nSPS) is 18.0. The maximum absolute atomic E-state index is 14.0. The van der Waals surface area contributed by atoms with Gasteiger partial charge in [0.1, 0.15) is 12.1 Å². The zero-order valence-corrected chi connectivity index (χ0v) is 15.5. The lowest BCUT2D eigenvalue weighted by Crippen LogP contribution is -2.51. The summed E-state index contributed by atoms with van der Waals surface area (Å²) in [6.07, 6.45) is 3.31. The molecule has 0 aliphatic carbocycles. The number of methoxy groups -OCH3 is 1. The Balaban J connectivity index is 1.48. The van der Waals surface area contributed by atoms with E-state index >= 15 is 0 Å². The lowest BCUT2D eigenvalue weighted by atomic mass is 10.1. The first-order chi connectivity index (χ1) is 13.2. The summed E-state index contributed by atoms with van der Waals surface area (Å²) < 4.78 is 19.0. The minimum atomic E-state index is -0.318. The number of anilines is 1. The Bertz CT molecular complexity index is 945. The van der Waals surface area contributed by atoms with Gasteiger partial charge in [-0.2, -0.15) is 0 Å². The molecule has 6 nitrogen and oxygen atoms in total. The molecule has 1 unspecified atom stereocenters. The van der Waals surface area contributed by atoms with Crippen molar-refractivity contribution in [3.8, 4) is 5.75 Å². The molecule has 1 saturated heterocycles. The van der Waals surface area contributed by atoms with Gasteiger partial charge in [0.15, 0.2) is 17.2 Å². The average Bonchev–Trinajstić information content (AvgIpc) is 2.69. The smallest absolute Gasteiger partial charge is 0.165 e. The van der Waals surface area contributed by atoms with Crippen molar-refractivity contribution in [1.29, 1.82) is 0 Å². The van der Waals surface area contributed by atoms with Gasteiger partial charge in [-0.1, -0.05) is 6.07 Å². The van der Waals surface area contributed by atoms with Crippen LogP contribution in [0.15, 0.2) is 42.9 Å². The monoisotopic (exact) mass is 367 g/mol. The van der Waals surface area contributed by atoms with Crippen LogP contribution in [0, 0.1) is 5.82 Å². The Kier molecular flexibility index (Phi) is 4.85. The third-order valence-electron chi connectivity index (χ3n) is 5.05. The van der Waals surface area contributed by atoms with Crippen LogP contribution in [0.4, 0.5) is 10.2 Å². The highest BCUT2D eigenvalue weighted by atomic mass is 19.1. The lowest BCUT2D eigenvalue weighted by molar-refractivity contribution is 0.180. The van der Waals surface area contributed by atoms with Crippen LogP contribution < -0.4 is 9.64 Å². The first-order valence-electron chi connectivity index (χ1n) is 9.03. The Hall–Kier alpha value is -2.80. The molecule has 1 aliphatic rings. The van der Waals surface area contributed by atoms with Gasteiger partial charge in [0.2, 0.25) is 0 Å². The SMILES string of the molecule is COc1ccc(CN2CCN(c3ncnc4ncccc34)CC2C)cc1F. The quantitative estimate of drug-likeness (QED) is 0.707. The largest absolute Gasteiger partial charge is 0.494 e. The summed E-state index contributed by atoms with van der Waals surface area (Å²) >= 11 is 0. The topological polar surface area (TPSA) is 54.4 Å². The molecule has 0 radical (unpaired) electrons. The highest BCUT2D eigenvalue weighted by molar-refractivity contribution is 5.86. The molecule has 3 heterocycles. The first kappa shape index (κ1) is 17.6. The molecule has 140 valence electrons. The van der Waals surface area contributed by atoms with Gasteiger partial charge < -0.3 is 9.64 Å². The number of hydrogen-bond acceptors (Lipinski definition) is 6. The summed E-state index contributed by atoms with van der Waals surface area (Å²) in [7, 11) is 1.48. The van der Waals surface area contributed by atoms with E-state index in [1.807, 2.05) is 18.2 Å². The number of ether oxygens (including phenoxy) is 1. The predicted molar refractivity (Wildman–Crippen MR) is 102 cm³/mol. The summed E-state index contributed by atoms with van der Waals surface area (Å²) in [6, 6.07) is 9.39. The first-order valence-corrected chi connectivity index (χ1v) is 9.03. The van der Waals surface area contributed by atoms with Gasteiger partial charge in [-0.25, -0.2) is 19.3 Å². The van der Waals surface area contributed by atoms with Crippen LogP contribution >= 0.6 is 0 Å². The number of piperazine rings is 1. The molecule has 0 bridgehead atoms. The summed E-state index contributed by atoms with van der Waals surface area (Å²) in [5.74, 6) is 0.886. The summed E-state index contributed by atoms with van der Waals surface area (Å²) in [4.78, 5) is 17.7. The second-order valence-electron chi connectivity index (χ2n) is 6.81. The Morgan fingerprint density at radius 3 is 2.85 bits per heavy atom. The number of fused-ring (bicyclic) bond motifs is 1. The second kappa shape index (κ2) is 7.44. The van der Waals surface area contributed by atoms with E-state index in [9.17, 15) is 4.39 Å². The van der Waals surface area contributed by atoms with Gasteiger partial charge in [-0.15, -0.1) is 0 Å². The van der Waals surface area contributed by atoms with Crippen LogP contribution in [0.25, 0.3) is 11.0 Å². The third kappa shape index (κ3) is 3.55. The van der Waals surface area contributed by atoms with Crippen molar-refractivity contribution in [3.05, 3.63) is 54.2 Å². The van der Waals surface area contributed by atoms with Gasteiger partial charge in [0.25, 0.3) is 0 Å². The molecule has 7 heteroatoms. The van der Waals surface area contributed by atoms with E-state index in [2.05, 4.69) is 31.7 Å². The van der Waals surface area contributed by atoms with Crippen LogP contribution in [-0.4, -0.2) is 52.6 Å². The van der Waals surface area contributed by atoms with Crippen LogP contribution in [0.1, 0.15) is 12.5 Å². The van der Waals surface area contributed by atoms with E-state index in [-0.39, 0.29) is 11.6 Å². The van der Waals surface area contributed by atoms with Gasteiger partial charge in [0, 0.05) is 38.4 Å². The Morgan fingerprint density at radius 1 is 1.19 bits per heavy atom. The van der Waals surface area contributed by atoms with Crippen LogP contribution in [0.2, 0.25) is 0 Å². The van der Waals surface area contributed by atoms with Crippen LogP contribution in [0.3, 0.4) is 0 Å². The fourth-order valence-corrected chi connectivity index (χ4v) is 3.60. The van der Waals surface area contributed by atoms with Crippen molar-refractivity contribution >= 4 is 16.9 Å². The molecule has 2 aromatic heterocycles. The van der Waals surface area contributed by atoms with E-state index in [0.717, 1.165) is 36.4 Å². The zero-order valence-electron chi connectivity index (χ0n) is 15.5. The van der Waals surface area contributed by atoms with Crippen LogP contribution in [0.5, 0.6) is 5.75 Å². The molecule has 27 heavy (non-hydrogen) atoms. The van der Waals surface area contributed by atoms with Crippen molar-refractivity contribution < 1.29 is 9.13 Å². The van der Waals surface area contributed by atoms with Crippen molar-refractivity contribution in [2.24, 2.45) is 0 Å². The van der Waals surface area contributed by atoms with Crippen molar-refractivity contribution in [1.82, 2.24) is 19.9 Å². The maximum Gasteiger partial charge on any atom is 0.165 e. The predicted octanol–water partition coefficient (Wildman–Crippen LogP) is 2.88. The maximum atomic E-state index is 14.0. The molecular formula is C20H22FN5O. The molecule has 1 atom stereocenters. The zero-order chi connectivity index (χ0) is 18.8. The number of hydrogen-bond donors (Lipinski definition) is 0. The Morgan fingerprint density at radius 2 is 2.07 bits per heavy atom. The molecule has 1 aliphatic heterocycles. The summed E-state index contributed by atoms with van der Waals surface area (Å²) in [5.41, 5.74) is 1.66. The standard InChI is InChI=1S/C20H22FN5O/c1-14-11-26(20-16-4-3-7-22-19(16)23-13-24-20)9-8-25(14)12-15-5-6-18(27-2)17(21)10-15/h3-7,10,13-14H,8-9,11-12H2,1-2H3. The Labute approximate surface area is 157 Å². The van der Waals surface area contributed by atoms with Gasteiger partial charge in [-0.3, -0.25) is 4.90 Å². The number of halogens is 1. The third-order valence-corrected chi connectivity index (χ3v) is 5.05. The van der Waals surface area contributed by atoms with Crippen molar-refractivity contribution in [3.63, 3.8) is 0 Å². The average molecular weight is 367 g/mol. The molecule has 1 fully saturated rings. The molecular weight excluding hydrogens is 345 g/mol. The molecule has 0 amide bonds. The fraction of sp³-hybridized carbons (Fsp3) is 0.350. The molecule has 0 spiro atoms. The van der Waals surface area contributed by atoms with E-state index in [1.165, 1.54) is 7.11 Å². The molecule has 1 aromatic carbocycles. The van der Waals surface area contributed by atoms with E-state index in [4.69, 9.17) is 4.74 Å². The highest BCUT2D eigenvalue weighted by Gasteiger charge is 2.26. The number of benzene rings is 1. The molecule has 3 aromatic rings. The second-order valence-corrected chi connectivity index (χ2v) is 6.81. The lowest BCUT2D eigenvalue weighted by Gasteiger charge is -2.40. The van der Waals surface area contributed by atoms with Crippen molar-refractivity contribution in [2.45, 2.75) is 19.5 Å².